The molecule has 1 aromatic carbocycles. The second-order valence-corrected chi connectivity index (χ2v) is 7.85. The highest BCUT2D eigenvalue weighted by atomic mass is 35.5. The Balaban J connectivity index is 2.26. The molecule has 1 fully saturated rings. The van der Waals surface area contributed by atoms with Crippen molar-refractivity contribution in [1.82, 2.24) is 5.32 Å². The number of nitrogens with one attached hydrogen (secondary N) is 1. The molecule has 1 aliphatic rings. The molecule has 3 nitrogen and oxygen atoms in total. The van der Waals surface area contributed by atoms with Crippen LogP contribution in [0.25, 0.3) is 0 Å². The second kappa shape index (κ2) is 6.00. The van der Waals surface area contributed by atoms with E-state index in [0.29, 0.717) is 17.9 Å². The molecular weight excluding hydrogens is 305 g/mol. The minimum atomic E-state index is -3.40. The van der Waals surface area contributed by atoms with Crippen molar-refractivity contribution in [2.24, 2.45) is 0 Å². The molecule has 0 bridgehead atoms. The zero-order valence-electron chi connectivity index (χ0n) is 10.7. The fraction of sp³-hybridized carbons (Fsp3) is 0.538. The number of hydrogen-bond acceptors (Lipinski definition) is 3. The molecule has 1 N–H and O–H groups in total. The summed E-state index contributed by atoms with van der Waals surface area (Å²) in [6.45, 7) is 2.88. The van der Waals surface area contributed by atoms with Gasteiger partial charge >= 0.3 is 0 Å². The number of sulfone groups is 1. The molecular formula is C13H17Cl2NO2S. The molecule has 0 saturated heterocycles. The standard InChI is InChI=1S/C13H17Cl2NO2S/c1-2-16-10-4-5-11(8-10)19(17,18)13-7-9(14)3-6-12(13)15/h3,6-7,10-11,16H,2,4-5,8H2,1H3. The fourth-order valence-corrected chi connectivity index (χ4v) is 5.17. The number of hydrogen-bond donors (Lipinski definition) is 1. The quantitative estimate of drug-likeness (QED) is 0.925. The predicted octanol–water partition coefficient (Wildman–Crippen LogP) is 3.30. The van der Waals surface area contributed by atoms with E-state index in [1.165, 1.54) is 12.1 Å². The lowest BCUT2D eigenvalue weighted by Crippen LogP contribution is -2.28. The molecule has 19 heavy (non-hydrogen) atoms. The molecule has 1 saturated carbocycles. The third-order valence-electron chi connectivity index (χ3n) is 3.52. The Morgan fingerprint density at radius 2 is 2.05 bits per heavy atom. The minimum Gasteiger partial charge on any atom is -0.314 e. The van der Waals surface area contributed by atoms with Crippen LogP contribution >= 0.6 is 23.2 Å². The van der Waals surface area contributed by atoms with E-state index in [9.17, 15) is 8.42 Å². The average molecular weight is 322 g/mol. The van der Waals surface area contributed by atoms with Gasteiger partial charge in [0.2, 0.25) is 0 Å². The van der Waals surface area contributed by atoms with Crippen LogP contribution in [-0.2, 0) is 9.84 Å². The highest BCUT2D eigenvalue weighted by Gasteiger charge is 2.36. The van der Waals surface area contributed by atoms with Crippen molar-refractivity contribution in [3.05, 3.63) is 28.2 Å². The molecule has 0 aromatic heterocycles. The van der Waals surface area contributed by atoms with E-state index in [1.54, 1.807) is 6.07 Å². The Hall–Kier alpha value is -0.290. The average Bonchev–Trinajstić information content (AvgIpc) is 2.82. The molecule has 6 heteroatoms. The SMILES string of the molecule is CCNC1CCC(S(=O)(=O)c2cc(Cl)ccc2Cl)C1. The molecule has 1 aromatic rings. The first-order valence-corrected chi connectivity index (χ1v) is 8.67. The van der Waals surface area contributed by atoms with Gasteiger partial charge in [-0.2, -0.15) is 0 Å². The highest BCUT2D eigenvalue weighted by Crippen LogP contribution is 2.34. The molecule has 2 rings (SSSR count). The lowest BCUT2D eigenvalue weighted by Gasteiger charge is -2.14. The summed E-state index contributed by atoms with van der Waals surface area (Å²) in [4.78, 5) is 0.156. The Labute approximate surface area is 124 Å². The third kappa shape index (κ3) is 3.24. The topological polar surface area (TPSA) is 46.2 Å². The lowest BCUT2D eigenvalue weighted by atomic mass is 10.2. The van der Waals surface area contributed by atoms with Crippen LogP contribution in [0.5, 0.6) is 0 Å². The monoisotopic (exact) mass is 321 g/mol. The van der Waals surface area contributed by atoms with Gasteiger partial charge in [-0.3, -0.25) is 0 Å². The van der Waals surface area contributed by atoms with E-state index in [-0.39, 0.29) is 21.2 Å². The van der Waals surface area contributed by atoms with Gasteiger partial charge in [0.1, 0.15) is 0 Å². The van der Waals surface area contributed by atoms with Crippen LogP contribution in [-0.4, -0.2) is 26.3 Å². The molecule has 0 aliphatic heterocycles. The summed E-state index contributed by atoms with van der Waals surface area (Å²) in [5.74, 6) is 0. The van der Waals surface area contributed by atoms with Gasteiger partial charge in [0.05, 0.1) is 15.2 Å². The van der Waals surface area contributed by atoms with Gasteiger partial charge in [-0.1, -0.05) is 30.1 Å². The van der Waals surface area contributed by atoms with Crippen LogP contribution in [0.4, 0.5) is 0 Å². The first-order valence-electron chi connectivity index (χ1n) is 6.37. The normalized spacial score (nSPS) is 23.7. The third-order valence-corrected chi connectivity index (χ3v) is 6.45. The van der Waals surface area contributed by atoms with Crippen molar-refractivity contribution in [2.45, 2.75) is 42.4 Å². The molecule has 2 atom stereocenters. The summed E-state index contributed by atoms with van der Waals surface area (Å²) in [6.07, 6.45) is 2.19. The van der Waals surface area contributed by atoms with E-state index in [0.717, 1.165) is 13.0 Å². The van der Waals surface area contributed by atoms with Crippen LogP contribution < -0.4 is 5.32 Å². The van der Waals surface area contributed by atoms with Crippen LogP contribution in [0.15, 0.2) is 23.1 Å². The largest absolute Gasteiger partial charge is 0.314 e. The molecule has 0 amide bonds. The van der Waals surface area contributed by atoms with Gasteiger partial charge in [-0.25, -0.2) is 8.42 Å². The summed E-state index contributed by atoms with van der Waals surface area (Å²) in [5, 5.41) is 3.57. The first-order chi connectivity index (χ1) is 8.95. The summed E-state index contributed by atoms with van der Waals surface area (Å²) < 4.78 is 25.2. The molecule has 2 unspecified atom stereocenters. The fourth-order valence-electron chi connectivity index (χ4n) is 2.57. The summed E-state index contributed by atoms with van der Waals surface area (Å²) in [6, 6.07) is 4.86. The zero-order chi connectivity index (χ0) is 14.0. The number of benzene rings is 1. The van der Waals surface area contributed by atoms with Gasteiger partial charge in [-0.05, 0) is 44.0 Å². The smallest absolute Gasteiger partial charge is 0.182 e. The van der Waals surface area contributed by atoms with Crippen LogP contribution in [0.3, 0.4) is 0 Å². The Morgan fingerprint density at radius 1 is 1.32 bits per heavy atom. The van der Waals surface area contributed by atoms with Gasteiger partial charge < -0.3 is 5.32 Å². The van der Waals surface area contributed by atoms with Crippen molar-refractivity contribution in [1.29, 1.82) is 0 Å². The number of halogens is 2. The van der Waals surface area contributed by atoms with Crippen LogP contribution in [0.2, 0.25) is 10.0 Å². The van der Waals surface area contributed by atoms with Gasteiger partial charge in [0.15, 0.2) is 9.84 Å². The van der Waals surface area contributed by atoms with Crippen molar-refractivity contribution in [3.8, 4) is 0 Å². The second-order valence-electron chi connectivity index (χ2n) is 4.81. The van der Waals surface area contributed by atoms with E-state index in [4.69, 9.17) is 23.2 Å². The Kier molecular flexibility index (Phi) is 4.77. The van der Waals surface area contributed by atoms with Crippen molar-refractivity contribution < 1.29 is 8.42 Å². The van der Waals surface area contributed by atoms with E-state index in [1.807, 2.05) is 6.92 Å². The molecule has 0 radical (unpaired) electrons. The Morgan fingerprint density at radius 3 is 2.74 bits per heavy atom. The van der Waals surface area contributed by atoms with E-state index < -0.39 is 9.84 Å². The predicted molar refractivity (Wildman–Crippen MR) is 78.8 cm³/mol. The van der Waals surface area contributed by atoms with Crippen molar-refractivity contribution in [3.63, 3.8) is 0 Å². The maximum absolute atomic E-state index is 12.6. The first kappa shape index (κ1) is 15.1. The lowest BCUT2D eigenvalue weighted by molar-refractivity contribution is 0.537. The molecule has 1 aliphatic carbocycles. The van der Waals surface area contributed by atoms with Crippen molar-refractivity contribution in [2.75, 3.05) is 6.54 Å². The van der Waals surface area contributed by atoms with E-state index in [2.05, 4.69) is 5.32 Å². The summed E-state index contributed by atoms with van der Waals surface area (Å²) >= 11 is 11.9. The number of rotatable bonds is 4. The molecule has 0 spiro atoms. The van der Waals surface area contributed by atoms with Crippen LogP contribution in [0, 0.1) is 0 Å². The van der Waals surface area contributed by atoms with Crippen molar-refractivity contribution >= 4 is 33.0 Å². The maximum atomic E-state index is 12.6. The zero-order valence-corrected chi connectivity index (χ0v) is 13.0. The molecule has 106 valence electrons. The van der Waals surface area contributed by atoms with E-state index >= 15 is 0 Å². The summed E-state index contributed by atoms with van der Waals surface area (Å²) in [7, 11) is -3.40. The maximum Gasteiger partial charge on any atom is 0.182 e. The van der Waals surface area contributed by atoms with Gasteiger partial charge in [0, 0.05) is 11.1 Å². The van der Waals surface area contributed by atoms with Gasteiger partial charge in [0.25, 0.3) is 0 Å². The Bertz CT molecular complexity index is 560. The van der Waals surface area contributed by atoms with Crippen LogP contribution in [0.1, 0.15) is 26.2 Å². The molecule has 0 heterocycles. The minimum absolute atomic E-state index is 0.156. The van der Waals surface area contributed by atoms with Gasteiger partial charge in [-0.15, -0.1) is 0 Å². The highest BCUT2D eigenvalue weighted by molar-refractivity contribution is 7.92. The summed E-state index contributed by atoms with van der Waals surface area (Å²) in [5.41, 5.74) is 0.